The zero-order valence-electron chi connectivity index (χ0n) is 2.23. The molecule has 1 aliphatic carbocycles. The first-order valence-corrected chi connectivity index (χ1v) is 1.27. The van der Waals surface area contributed by atoms with Crippen LogP contribution in [0.15, 0.2) is 11.8 Å². The van der Waals surface area contributed by atoms with Crippen molar-refractivity contribution in [3.05, 3.63) is 11.8 Å². The van der Waals surface area contributed by atoms with Crippen LogP contribution in [0.25, 0.3) is 0 Å². The third-order valence-corrected chi connectivity index (χ3v) is 0.387. The molecule has 1 aliphatic rings. The van der Waals surface area contributed by atoms with Gasteiger partial charge in [-0.25, -0.2) is 0 Å². The quantitative estimate of drug-likeness (QED) is 0.436. The lowest BCUT2D eigenvalue weighted by Crippen LogP contribution is -1.40. The summed E-state index contributed by atoms with van der Waals surface area (Å²) in [5.74, 6) is 0.542. The molecule has 1 N–H and O–H groups in total. The van der Waals surface area contributed by atoms with Crippen molar-refractivity contribution in [2.75, 3.05) is 0 Å². The summed E-state index contributed by atoms with van der Waals surface area (Å²) in [6, 6.07) is 0. The molecule has 22 valence electrons. The molecule has 0 unspecified atom stereocenters. The van der Waals surface area contributed by atoms with Crippen molar-refractivity contribution in [2.24, 2.45) is 0 Å². The molecular weight excluding hydrogens is 52.0 g/mol. The first-order chi connectivity index (χ1) is 1.89. The molecule has 0 heterocycles. The highest BCUT2D eigenvalue weighted by atomic mass is 16.3. The third-order valence-electron chi connectivity index (χ3n) is 0.387. The maximum Gasteiger partial charge on any atom is 0.0926 e. The van der Waals surface area contributed by atoms with Gasteiger partial charge >= 0.3 is 0 Å². The maximum absolute atomic E-state index is 8.03. The van der Waals surface area contributed by atoms with E-state index >= 15 is 0 Å². The van der Waals surface area contributed by atoms with Crippen LogP contribution in [0.5, 0.6) is 0 Å². The highest BCUT2D eigenvalue weighted by Crippen LogP contribution is 2.11. The van der Waals surface area contributed by atoms with E-state index < -0.39 is 0 Å². The molecule has 0 amide bonds. The second-order valence-electron chi connectivity index (χ2n) is 0.900. The number of allylic oxidation sites excluding steroid dienone is 2. The van der Waals surface area contributed by atoms with Gasteiger partial charge in [-0.05, 0) is 6.08 Å². The van der Waals surface area contributed by atoms with E-state index in [2.05, 4.69) is 0 Å². The molecule has 0 aromatic heterocycles. The Balaban J connectivity index is 2.54. The molecule has 0 saturated carbocycles. The Kier molecular flexibility index (Phi) is 0.133. The van der Waals surface area contributed by atoms with Crippen molar-refractivity contribution < 1.29 is 5.11 Å². The van der Waals surface area contributed by atoms with Gasteiger partial charge in [0, 0.05) is 6.42 Å². The topological polar surface area (TPSA) is 20.2 Å². The van der Waals surface area contributed by atoms with Crippen LogP contribution in [-0.4, -0.2) is 5.11 Å². The van der Waals surface area contributed by atoms with Gasteiger partial charge in [-0.3, -0.25) is 0 Å². The summed E-state index contributed by atoms with van der Waals surface area (Å²) in [5.41, 5.74) is 0. The Morgan fingerprint density at radius 2 is 2.25 bits per heavy atom. The van der Waals surface area contributed by atoms with Gasteiger partial charge in [0.05, 0.1) is 5.76 Å². The molecule has 4 heavy (non-hydrogen) atoms. The minimum absolute atomic E-state index is 0.542. The van der Waals surface area contributed by atoms with Crippen LogP contribution in [0.1, 0.15) is 6.42 Å². The number of hydrogen-bond acceptors (Lipinski definition) is 1. The van der Waals surface area contributed by atoms with Crippen molar-refractivity contribution in [2.45, 2.75) is 6.42 Å². The summed E-state index contributed by atoms with van der Waals surface area (Å²) in [4.78, 5) is 0. The normalized spacial score (nSPS) is 19.5. The molecule has 0 bridgehead atoms. The van der Waals surface area contributed by atoms with E-state index in [4.69, 9.17) is 5.11 Å². The van der Waals surface area contributed by atoms with E-state index in [-0.39, 0.29) is 0 Å². The van der Waals surface area contributed by atoms with Gasteiger partial charge in [-0.1, -0.05) is 0 Å². The van der Waals surface area contributed by atoms with Crippen LogP contribution in [0, 0.1) is 0 Å². The highest BCUT2D eigenvalue weighted by molar-refractivity contribution is 5.11. The van der Waals surface area contributed by atoms with Gasteiger partial charge in [-0.15, -0.1) is 0 Å². The number of aliphatic hydroxyl groups excluding tert-OH is 1. The average molecular weight is 56.1 g/mol. The van der Waals surface area contributed by atoms with Crippen molar-refractivity contribution >= 4 is 0 Å². The predicted octanol–water partition coefficient (Wildman–Crippen LogP) is 0.832. The SMILES string of the molecule is OC1=CC1. The molecule has 0 atom stereocenters. The summed E-state index contributed by atoms with van der Waals surface area (Å²) in [6.45, 7) is 0. The van der Waals surface area contributed by atoms with E-state index in [0.29, 0.717) is 5.76 Å². The van der Waals surface area contributed by atoms with Crippen LogP contribution in [0.2, 0.25) is 0 Å². The lowest BCUT2D eigenvalue weighted by atomic mass is 10.9. The summed E-state index contributed by atoms with van der Waals surface area (Å²) in [7, 11) is 0. The maximum atomic E-state index is 8.03. The lowest BCUT2D eigenvalue weighted by molar-refractivity contribution is 0.436. The molecule has 0 aromatic rings. The van der Waals surface area contributed by atoms with Gasteiger partial charge in [0.2, 0.25) is 0 Å². The van der Waals surface area contributed by atoms with Crippen LogP contribution in [-0.2, 0) is 0 Å². The van der Waals surface area contributed by atoms with Crippen molar-refractivity contribution in [3.8, 4) is 0 Å². The summed E-state index contributed by atoms with van der Waals surface area (Å²) in [5, 5.41) is 8.03. The minimum Gasteiger partial charge on any atom is -0.512 e. The molecule has 1 heteroatoms. The fourth-order valence-electron chi connectivity index (χ4n) is 0.0456. The molecule has 1 rings (SSSR count). The molecule has 0 spiro atoms. The zero-order valence-corrected chi connectivity index (χ0v) is 2.23. The standard InChI is InChI=1S/C3H4O/c4-3-1-2-3/h1,4H,2H2. The molecule has 0 fully saturated rings. The minimum atomic E-state index is 0.542. The van der Waals surface area contributed by atoms with E-state index in [1.165, 1.54) is 0 Å². The lowest BCUT2D eigenvalue weighted by Gasteiger charge is -1.53. The Labute approximate surface area is 24.6 Å². The van der Waals surface area contributed by atoms with Crippen molar-refractivity contribution in [1.82, 2.24) is 0 Å². The van der Waals surface area contributed by atoms with Gasteiger partial charge in [0.25, 0.3) is 0 Å². The Bertz CT molecular complexity index is 54.3. The summed E-state index contributed by atoms with van der Waals surface area (Å²) >= 11 is 0. The van der Waals surface area contributed by atoms with Crippen molar-refractivity contribution in [1.29, 1.82) is 0 Å². The van der Waals surface area contributed by atoms with Crippen molar-refractivity contribution in [3.63, 3.8) is 0 Å². The van der Waals surface area contributed by atoms with E-state index in [9.17, 15) is 0 Å². The largest absolute Gasteiger partial charge is 0.512 e. The van der Waals surface area contributed by atoms with Gasteiger partial charge in [0.15, 0.2) is 0 Å². The first-order valence-electron chi connectivity index (χ1n) is 1.27. The average Bonchev–Trinajstić information content (AvgIpc) is 1.75. The fourth-order valence-corrected chi connectivity index (χ4v) is 0.0456. The van der Waals surface area contributed by atoms with Crippen LogP contribution < -0.4 is 0 Å². The molecule has 0 aromatic carbocycles. The highest BCUT2D eigenvalue weighted by Gasteiger charge is 1.98. The molecule has 0 aliphatic heterocycles. The fraction of sp³-hybridized carbons (Fsp3) is 0.333. The smallest absolute Gasteiger partial charge is 0.0926 e. The third kappa shape index (κ3) is 0.0696. The van der Waals surface area contributed by atoms with Gasteiger partial charge in [0.1, 0.15) is 0 Å². The summed E-state index contributed by atoms with van der Waals surface area (Å²) < 4.78 is 0. The van der Waals surface area contributed by atoms with E-state index in [1.54, 1.807) is 6.08 Å². The van der Waals surface area contributed by atoms with Crippen LogP contribution in [0.4, 0.5) is 0 Å². The molecular formula is C3H4O. The zero-order chi connectivity index (χ0) is 2.99. The molecule has 1 nitrogen and oxygen atoms in total. The number of rotatable bonds is 0. The van der Waals surface area contributed by atoms with Gasteiger partial charge < -0.3 is 5.11 Å². The first kappa shape index (κ1) is 1.82. The number of aliphatic hydroxyl groups is 1. The Morgan fingerprint density at radius 3 is 2.25 bits per heavy atom. The van der Waals surface area contributed by atoms with Gasteiger partial charge in [-0.2, -0.15) is 0 Å². The predicted molar refractivity (Wildman–Crippen MR) is 15.3 cm³/mol. The monoisotopic (exact) mass is 56.0 g/mol. The Morgan fingerprint density at radius 1 is 2.00 bits per heavy atom. The van der Waals surface area contributed by atoms with E-state index in [0.717, 1.165) is 6.42 Å². The second kappa shape index (κ2) is 0.292. The second-order valence-corrected chi connectivity index (χ2v) is 0.900. The molecule has 0 radical (unpaired) electrons. The summed E-state index contributed by atoms with van der Waals surface area (Å²) in [6.07, 6.45) is 2.60. The van der Waals surface area contributed by atoms with Crippen LogP contribution in [0.3, 0.4) is 0 Å². The van der Waals surface area contributed by atoms with Crippen LogP contribution >= 0.6 is 0 Å². The van der Waals surface area contributed by atoms with E-state index in [1.807, 2.05) is 0 Å². The molecule has 0 saturated heterocycles. The number of hydrogen-bond donors (Lipinski definition) is 1. The Hall–Kier alpha value is -0.460.